The predicted octanol–water partition coefficient (Wildman–Crippen LogP) is 1.87. The summed E-state index contributed by atoms with van der Waals surface area (Å²) in [6.07, 6.45) is 3.52. The van der Waals surface area contributed by atoms with Crippen LogP contribution in [0.25, 0.3) is 0 Å². The van der Waals surface area contributed by atoms with Gasteiger partial charge in [-0.3, -0.25) is 0 Å². The molecule has 1 aromatic rings. The second kappa shape index (κ2) is 5.10. The van der Waals surface area contributed by atoms with E-state index in [-0.39, 0.29) is 5.60 Å². The van der Waals surface area contributed by atoms with E-state index in [4.69, 9.17) is 9.15 Å². The molecular weight excluding hydrogens is 216 g/mol. The summed E-state index contributed by atoms with van der Waals surface area (Å²) >= 11 is 0. The molecule has 1 atom stereocenters. The fraction of sp³-hybridized carbons (Fsp3) is 0.692. The van der Waals surface area contributed by atoms with Gasteiger partial charge in [-0.15, -0.1) is 0 Å². The summed E-state index contributed by atoms with van der Waals surface area (Å²) in [4.78, 5) is 2.35. The van der Waals surface area contributed by atoms with Crippen LogP contribution in [0.5, 0.6) is 0 Å². The summed E-state index contributed by atoms with van der Waals surface area (Å²) in [5.74, 6) is 0. The van der Waals surface area contributed by atoms with Gasteiger partial charge in [0.25, 0.3) is 0 Å². The molecule has 2 rings (SSSR count). The fourth-order valence-corrected chi connectivity index (χ4v) is 2.02. The number of rotatable bonds is 3. The monoisotopic (exact) mass is 238 g/mol. The van der Waals surface area contributed by atoms with Crippen LogP contribution in [-0.4, -0.2) is 37.9 Å². The molecule has 4 nitrogen and oxygen atoms in total. The van der Waals surface area contributed by atoms with Crippen molar-refractivity contribution in [1.82, 2.24) is 5.32 Å². The minimum absolute atomic E-state index is 0.0838. The summed E-state index contributed by atoms with van der Waals surface area (Å²) in [6.45, 7) is 9.97. The van der Waals surface area contributed by atoms with Crippen molar-refractivity contribution in [2.45, 2.75) is 32.4 Å². The number of hydrogen-bond donors (Lipinski definition) is 1. The van der Waals surface area contributed by atoms with E-state index >= 15 is 0 Å². The summed E-state index contributed by atoms with van der Waals surface area (Å²) < 4.78 is 11.0. The van der Waals surface area contributed by atoms with Gasteiger partial charge in [0, 0.05) is 19.6 Å². The van der Waals surface area contributed by atoms with E-state index in [1.54, 1.807) is 12.5 Å². The third kappa shape index (κ3) is 3.48. The highest BCUT2D eigenvalue weighted by molar-refractivity contribution is 5.44. The minimum atomic E-state index is -0.0838. The van der Waals surface area contributed by atoms with Gasteiger partial charge in [0.05, 0.1) is 30.2 Å². The first-order valence-corrected chi connectivity index (χ1v) is 6.20. The zero-order valence-corrected chi connectivity index (χ0v) is 10.9. The van der Waals surface area contributed by atoms with Crippen molar-refractivity contribution in [1.29, 1.82) is 0 Å². The average molecular weight is 238 g/mol. The first-order valence-electron chi connectivity index (χ1n) is 6.20. The molecule has 1 unspecified atom stereocenters. The molecule has 0 radical (unpaired) electrons. The predicted molar refractivity (Wildman–Crippen MR) is 68.4 cm³/mol. The Morgan fingerprint density at radius 1 is 1.53 bits per heavy atom. The van der Waals surface area contributed by atoms with Crippen LogP contribution in [0.2, 0.25) is 0 Å². The van der Waals surface area contributed by atoms with Gasteiger partial charge >= 0.3 is 0 Å². The first kappa shape index (κ1) is 12.5. The molecule has 1 fully saturated rings. The molecule has 96 valence electrons. The van der Waals surface area contributed by atoms with Crippen LogP contribution in [0.3, 0.4) is 0 Å². The van der Waals surface area contributed by atoms with Crippen LogP contribution >= 0.6 is 0 Å². The van der Waals surface area contributed by atoms with E-state index in [2.05, 4.69) is 31.0 Å². The summed E-state index contributed by atoms with van der Waals surface area (Å²) in [5, 5.41) is 3.41. The van der Waals surface area contributed by atoms with E-state index in [0.29, 0.717) is 6.04 Å². The van der Waals surface area contributed by atoms with Crippen LogP contribution in [0, 0.1) is 0 Å². The van der Waals surface area contributed by atoms with Gasteiger partial charge in [-0.05, 0) is 26.8 Å². The maximum atomic E-state index is 5.88. The largest absolute Gasteiger partial charge is 0.470 e. The fourth-order valence-electron chi connectivity index (χ4n) is 2.02. The summed E-state index contributed by atoms with van der Waals surface area (Å²) in [6, 6.07) is 2.38. The Morgan fingerprint density at radius 2 is 2.35 bits per heavy atom. The van der Waals surface area contributed by atoms with Crippen molar-refractivity contribution >= 4 is 5.69 Å². The lowest BCUT2D eigenvalue weighted by atomic mass is 10.1. The van der Waals surface area contributed by atoms with Crippen molar-refractivity contribution in [3.05, 3.63) is 18.6 Å². The standard InChI is InChI=1S/C13H22N2O2/c1-13(2,3)17-10-12-8-14-5-6-15(12)11-4-7-16-9-11/h4,7,9,12,14H,5-6,8,10H2,1-3H3. The zero-order valence-electron chi connectivity index (χ0n) is 10.9. The van der Waals surface area contributed by atoms with E-state index in [9.17, 15) is 0 Å². The highest BCUT2D eigenvalue weighted by atomic mass is 16.5. The Balaban J connectivity index is 1.98. The van der Waals surface area contributed by atoms with Crippen molar-refractivity contribution < 1.29 is 9.15 Å². The van der Waals surface area contributed by atoms with Gasteiger partial charge in [-0.25, -0.2) is 0 Å². The molecule has 0 saturated carbocycles. The molecule has 1 aliphatic rings. The number of nitrogens with zero attached hydrogens (tertiary/aromatic N) is 1. The number of nitrogens with one attached hydrogen (secondary N) is 1. The van der Waals surface area contributed by atoms with E-state index < -0.39 is 0 Å². The average Bonchev–Trinajstić information content (AvgIpc) is 2.79. The van der Waals surface area contributed by atoms with Gasteiger partial charge in [-0.1, -0.05) is 0 Å². The molecule has 0 spiro atoms. The van der Waals surface area contributed by atoms with Gasteiger partial charge in [0.1, 0.15) is 6.26 Å². The first-order chi connectivity index (χ1) is 8.06. The third-order valence-corrected chi connectivity index (χ3v) is 2.90. The molecule has 0 bridgehead atoms. The molecule has 17 heavy (non-hydrogen) atoms. The Morgan fingerprint density at radius 3 is 3.00 bits per heavy atom. The maximum absolute atomic E-state index is 5.88. The Kier molecular flexibility index (Phi) is 3.74. The van der Waals surface area contributed by atoms with Crippen molar-refractivity contribution in [3.63, 3.8) is 0 Å². The van der Waals surface area contributed by atoms with Crippen LogP contribution in [0.15, 0.2) is 23.0 Å². The van der Waals surface area contributed by atoms with E-state index in [1.807, 2.05) is 6.07 Å². The molecular formula is C13H22N2O2. The number of ether oxygens (including phenoxy) is 1. The summed E-state index contributed by atoms with van der Waals surface area (Å²) in [7, 11) is 0. The molecule has 1 aromatic heterocycles. The lowest BCUT2D eigenvalue weighted by Gasteiger charge is -2.38. The lowest BCUT2D eigenvalue weighted by molar-refractivity contribution is -0.0118. The van der Waals surface area contributed by atoms with E-state index in [1.165, 1.54) is 0 Å². The lowest BCUT2D eigenvalue weighted by Crippen LogP contribution is -2.54. The third-order valence-electron chi connectivity index (χ3n) is 2.90. The zero-order chi connectivity index (χ0) is 12.3. The summed E-state index contributed by atoms with van der Waals surface area (Å²) in [5.41, 5.74) is 1.06. The van der Waals surface area contributed by atoms with E-state index in [0.717, 1.165) is 31.9 Å². The smallest absolute Gasteiger partial charge is 0.114 e. The van der Waals surface area contributed by atoms with Crippen LogP contribution in [0.4, 0.5) is 5.69 Å². The number of anilines is 1. The molecule has 1 N–H and O–H groups in total. The van der Waals surface area contributed by atoms with Crippen LogP contribution in [0.1, 0.15) is 20.8 Å². The van der Waals surface area contributed by atoms with Crippen molar-refractivity contribution in [2.75, 3.05) is 31.1 Å². The number of piperazine rings is 1. The molecule has 1 aliphatic heterocycles. The van der Waals surface area contributed by atoms with Gasteiger partial charge in [-0.2, -0.15) is 0 Å². The van der Waals surface area contributed by atoms with Gasteiger partial charge < -0.3 is 19.4 Å². The molecule has 0 aliphatic carbocycles. The molecule has 1 saturated heterocycles. The highest BCUT2D eigenvalue weighted by Crippen LogP contribution is 2.20. The topological polar surface area (TPSA) is 37.6 Å². The van der Waals surface area contributed by atoms with Crippen molar-refractivity contribution in [2.24, 2.45) is 0 Å². The normalized spacial score (nSPS) is 21.8. The SMILES string of the molecule is CC(C)(C)OCC1CNCCN1c1ccoc1. The Bertz CT molecular complexity index is 330. The molecule has 4 heteroatoms. The maximum Gasteiger partial charge on any atom is 0.114 e. The number of hydrogen-bond acceptors (Lipinski definition) is 4. The second-order valence-electron chi connectivity index (χ2n) is 5.46. The Labute approximate surface area is 103 Å². The molecule has 2 heterocycles. The van der Waals surface area contributed by atoms with Crippen LogP contribution in [-0.2, 0) is 4.74 Å². The quantitative estimate of drug-likeness (QED) is 0.872. The second-order valence-corrected chi connectivity index (χ2v) is 5.46. The van der Waals surface area contributed by atoms with Gasteiger partial charge in [0.15, 0.2) is 0 Å². The molecule has 0 aromatic carbocycles. The minimum Gasteiger partial charge on any atom is -0.470 e. The highest BCUT2D eigenvalue weighted by Gasteiger charge is 2.25. The Hall–Kier alpha value is -1.00. The number of furan rings is 1. The van der Waals surface area contributed by atoms with Crippen LogP contribution < -0.4 is 10.2 Å². The van der Waals surface area contributed by atoms with Gasteiger partial charge in [0.2, 0.25) is 0 Å². The van der Waals surface area contributed by atoms with Crippen molar-refractivity contribution in [3.8, 4) is 0 Å². The molecule has 0 amide bonds.